The highest BCUT2D eigenvalue weighted by atomic mass is 32.1. The number of fused-ring (bicyclic) bond motifs is 1. The predicted octanol–water partition coefficient (Wildman–Crippen LogP) is 2.22. The molecule has 0 spiro atoms. The van der Waals surface area contributed by atoms with Gasteiger partial charge in [0.25, 0.3) is 11.8 Å². The molecule has 1 unspecified atom stereocenters. The van der Waals surface area contributed by atoms with Crippen LogP contribution >= 0.6 is 11.3 Å². The number of thiazole rings is 1. The smallest absolute Gasteiger partial charge is 0.412 e. The first-order valence-electron chi connectivity index (χ1n) is 14.3. The van der Waals surface area contributed by atoms with Gasteiger partial charge in [0.05, 0.1) is 18.3 Å². The van der Waals surface area contributed by atoms with Gasteiger partial charge < -0.3 is 25.2 Å². The number of alkyl carbamates (subject to hydrolysis) is 1. The van der Waals surface area contributed by atoms with Gasteiger partial charge in [-0.1, -0.05) is 18.2 Å². The van der Waals surface area contributed by atoms with Crippen molar-refractivity contribution >= 4 is 41.0 Å². The number of carbonyl (C=O) groups is 4. The zero-order valence-corrected chi connectivity index (χ0v) is 25.7. The lowest BCUT2D eigenvalue weighted by Gasteiger charge is -2.37. The van der Waals surface area contributed by atoms with Gasteiger partial charge in [0.15, 0.2) is 5.01 Å². The van der Waals surface area contributed by atoms with Crippen molar-refractivity contribution in [2.45, 2.75) is 64.6 Å². The molecule has 0 radical (unpaired) electrons. The molecule has 4 rings (SSSR count). The summed E-state index contributed by atoms with van der Waals surface area (Å²) in [6.07, 6.45) is 7.15. The van der Waals surface area contributed by atoms with E-state index in [1.165, 1.54) is 11.3 Å². The molecule has 3 aliphatic rings. The molecule has 2 heterocycles. The Morgan fingerprint density at radius 3 is 2.64 bits per heavy atom. The Morgan fingerprint density at radius 1 is 1.19 bits per heavy atom. The second-order valence-corrected chi connectivity index (χ2v) is 12.7. The van der Waals surface area contributed by atoms with Gasteiger partial charge in [0, 0.05) is 61.4 Å². The molecule has 0 aromatic carbocycles. The standard InChI is InChI=1S/C29H41N7O5S/c1-6-41-28(40)34-27(30)29(2)12-7-8-18(15-29)23(37)31-19-10-9-17(26(39)35(3)4)14-21(19)32-24(38)25-33-20-11-13-36(5)16-22(20)42-25/h7-8,15,17,19,21H,6,9-14,16H2,1-5H3,(H,31,37)(H,32,38)(H2,30,34,40)/t17-,19-,21+,29?/m0/s1. The van der Waals surface area contributed by atoms with E-state index in [1.807, 2.05) is 7.05 Å². The molecule has 4 N–H and O–H groups in total. The van der Waals surface area contributed by atoms with Gasteiger partial charge in [0.2, 0.25) is 5.91 Å². The van der Waals surface area contributed by atoms with Gasteiger partial charge in [-0.05, 0) is 46.6 Å². The molecule has 0 bridgehead atoms. The van der Waals surface area contributed by atoms with Crippen LogP contribution in [0.5, 0.6) is 0 Å². The number of allylic oxidation sites excluding steroid dienone is 1. The molecule has 1 aliphatic heterocycles. The Balaban J connectivity index is 1.49. The topological polar surface area (TPSA) is 157 Å². The Kier molecular flexibility index (Phi) is 9.82. The molecule has 12 nitrogen and oxygen atoms in total. The average molecular weight is 600 g/mol. The highest BCUT2D eigenvalue weighted by Crippen LogP contribution is 2.32. The maximum atomic E-state index is 13.5. The van der Waals surface area contributed by atoms with Crippen molar-refractivity contribution in [1.29, 1.82) is 5.41 Å². The summed E-state index contributed by atoms with van der Waals surface area (Å²) in [6, 6.07) is -0.885. The molecule has 1 aromatic heterocycles. The van der Waals surface area contributed by atoms with E-state index in [1.54, 1.807) is 51.1 Å². The van der Waals surface area contributed by atoms with Gasteiger partial charge in [-0.2, -0.15) is 0 Å². The minimum Gasteiger partial charge on any atom is -0.450 e. The van der Waals surface area contributed by atoms with Crippen molar-refractivity contribution in [1.82, 2.24) is 30.7 Å². The Labute approximate surface area is 250 Å². The first kappa shape index (κ1) is 31.4. The van der Waals surface area contributed by atoms with Crippen LogP contribution in [-0.2, 0) is 27.3 Å². The van der Waals surface area contributed by atoms with E-state index in [4.69, 9.17) is 10.1 Å². The number of nitrogens with zero attached hydrogens (tertiary/aromatic N) is 3. The van der Waals surface area contributed by atoms with Crippen molar-refractivity contribution in [2.75, 3.05) is 34.3 Å². The van der Waals surface area contributed by atoms with Crippen LogP contribution in [0.15, 0.2) is 23.8 Å². The molecule has 4 atom stereocenters. The molecule has 1 fully saturated rings. The largest absolute Gasteiger partial charge is 0.450 e. The zero-order chi connectivity index (χ0) is 30.6. The molecule has 1 saturated carbocycles. The number of ether oxygens (including phenoxy) is 1. The Morgan fingerprint density at radius 2 is 1.93 bits per heavy atom. The number of amidine groups is 1. The summed E-state index contributed by atoms with van der Waals surface area (Å²) in [5.41, 5.74) is 0.405. The lowest BCUT2D eigenvalue weighted by atomic mass is 9.79. The van der Waals surface area contributed by atoms with Gasteiger partial charge >= 0.3 is 6.09 Å². The van der Waals surface area contributed by atoms with E-state index < -0.39 is 23.6 Å². The van der Waals surface area contributed by atoms with Gasteiger partial charge in [-0.15, -0.1) is 11.3 Å². The zero-order valence-electron chi connectivity index (χ0n) is 24.9. The average Bonchev–Trinajstić information content (AvgIpc) is 3.37. The first-order valence-corrected chi connectivity index (χ1v) is 15.1. The molecular formula is C29H41N7O5S. The summed E-state index contributed by atoms with van der Waals surface area (Å²) >= 11 is 1.39. The minimum atomic E-state index is -0.907. The molecule has 228 valence electrons. The summed E-state index contributed by atoms with van der Waals surface area (Å²) in [4.78, 5) is 61.0. The summed E-state index contributed by atoms with van der Waals surface area (Å²) in [5.74, 6) is -1.01. The van der Waals surface area contributed by atoms with Crippen LogP contribution in [0.2, 0.25) is 0 Å². The van der Waals surface area contributed by atoms with Crippen LogP contribution in [-0.4, -0.2) is 90.8 Å². The van der Waals surface area contributed by atoms with E-state index in [0.717, 1.165) is 30.1 Å². The van der Waals surface area contributed by atoms with Crippen LogP contribution in [0.4, 0.5) is 4.79 Å². The monoisotopic (exact) mass is 599 g/mol. The lowest BCUT2D eigenvalue weighted by molar-refractivity contribution is -0.134. The van der Waals surface area contributed by atoms with Crippen LogP contribution in [0, 0.1) is 16.7 Å². The summed E-state index contributed by atoms with van der Waals surface area (Å²) < 4.78 is 4.89. The Hall–Kier alpha value is -3.58. The third kappa shape index (κ3) is 7.24. The van der Waals surface area contributed by atoms with Crippen molar-refractivity contribution in [2.24, 2.45) is 11.3 Å². The number of nitrogens with one attached hydrogen (secondary N) is 4. The van der Waals surface area contributed by atoms with E-state index in [-0.39, 0.29) is 36.1 Å². The van der Waals surface area contributed by atoms with Crippen LogP contribution < -0.4 is 16.0 Å². The number of hydrogen-bond acceptors (Lipinski definition) is 9. The minimum absolute atomic E-state index is 0.00641. The fraction of sp³-hybridized carbons (Fsp3) is 0.586. The fourth-order valence-corrected chi connectivity index (χ4v) is 6.69. The SMILES string of the molecule is CCOC(=O)NC(=N)C1(C)C=C(C(=O)N[C@H]2CC[C@H](C(=O)N(C)C)C[C@H]2NC(=O)c2nc3c(s2)CN(C)CC3)C=CC1. The van der Waals surface area contributed by atoms with Crippen LogP contribution in [0.3, 0.4) is 0 Å². The predicted molar refractivity (Wildman–Crippen MR) is 159 cm³/mol. The third-order valence-corrected chi connectivity index (χ3v) is 9.12. The van der Waals surface area contributed by atoms with E-state index in [9.17, 15) is 19.2 Å². The van der Waals surface area contributed by atoms with Crippen LogP contribution in [0.25, 0.3) is 0 Å². The van der Waals surface area contributed by atoms with Crippen molar-refractivity contribution in [3.8, 4) is 0 Å². The van der Waals surface area contributed by atoms with Crippen molar-refractivity contribution < 1.29 is 23.9 Å². The fourth-order valence-electron chi connectivity index (χ4n) is 5.60. The maximum Gasteiger partial charge on any atom is 0.412 e. The molecule has 0 saturated heterocycles. The van der Waals surface area contributed by atoms with E-state index in [2.05, 4.69) is 25.8 Å². The van der Waals surface area contributed by atoms with Crippen molar-refractivity contribution in [3.05, 3.63) is 39.4 Å². The quantitative estimate of drug-likeness (QED) is 0.277. The summed E-state index contributed by atoms with van der Waals surface area (Å²) in [7, 11) is 5.47. The number of rotatable bonds is 7. The molecule has 13 heteroatoms. The van der Waals surface area contributed by atoms with E-state index in [0.29, 0.717) is 36.3 Å². The summed E-state index contributed by atoms with van der Waals surface area (Å²) in [5, 5.41) is 17.4. The number of aromatic nitrogens is 1. The second-order valence-electron chi connectivity index (χ2n) is 11.6. The first-order chi connectivity index (χ1) is 19.9. The highest BCUT2D eigenvalue weighted by Gasteiger charge is 2.38. The Bertz CT molecular complexity index is 1310. The van der Waals surface area contributed by atoms with Gasteiger partial charge in [-0.3, -0.25) is 25.1 Å². The molecule has 2 aliphatic carbocycles. The molecule has 1 aromatic rings. The third-order valence-electron chi connectivity index (χ3n) is 8.04. The lowest BCUT2D eigenvalue weighted by Crippen LogP contribution is -2.56. The maximum absolute atomic E-state index is 13.5. The van der Waals surface area contributed by atoms with Crippen molar-refractivity contribution in [3.63, 3.8) is 0 Å². The van der Waals surface area contributed by atoms with Gasteiger partial charge in [-0.25, -0.2) is 9.78 Å². The molecule has 42 heavy (non-hydrogen) atoms. The van der Waals surface area contributed by atoms with Crippen LogP contribution in [0.1, 0.15) is 59.9 Å². The molecular weight excluding hydrogens is 558 g/mol. The highest BCUT2D eigenvalue weighted by molar-refractivity contribution is 7.13. The number of carbonyl (C=O) groups excluding carboxylic acids is 4. The number of likely N-dealkylation sites (N-methyl/N-ethyl adjacent to an activating group) is 1. The van der Waals surface area contributed by atoms with Gasteiger partial charge in [0.1, 0.15) is 5.84 Å². The number of amides is 4. The number of hydrogen-bond donors (Lipinski definition) is 4. The molecule has 4 amide bonds. The normalized spacial score (nSPS) is 25.5. The summed E-state index contributed by atoms with van der Waals surface area (Å²) in [6.45, 7) is 5.28. The van der Waals surface area contributed by atoms with E-state index >= 15 is 0 Å². The second kappa shape index (κ2) is 13.2.